The first-order valence-electron chi connectivity index (χ1n) is 8.70. The van der Waals surface area contributed by atoms with E-state index in [2.05, 4.69) is 28.1 Å². The van der Waals surface area contributed by atoms with Crippen molar-refractivity contribution in [3.8, 4) is 11.5 Å². The first-order valence-corrected chi connectivity index (χ1v) is 9.49. The van der Waals surface area contributed by atoms with Crippen molar-refractivity contribution in [2.45, 2.75) is 6.54 Å². The zero-order valence-electron chi connectivity index (χ0n) is 15.1. The highest BCUT2D eigenvalue weighted by Gasteiger charge is 2.24. The van der Waals surface area contributed by atoms with Gasteiger partial charge in [0.05, 0.1) is 44.9 Å². The van der Waals surface area contributed by atoms with Crippen molar-refractivity contribution in [1.29, 1.82) is 0 Å². The highest BCUT2D eigenvalue weighted by atomic mass is 79.9. The van der Waals surface area contributed by atoms with Gasteiger partial charge >= 0.3 is 0 Å². The van der Waals surface area contributed by atoms with Crippen LogP contribution in [0.4, 0.5) is 0 Å². The van der Waals surface area contributed by atoms with Gasteiger partial charge in [-0.3, -0.25) is 4.79 Å². The number of hydrogen-bond donors (Lipinski definition) is 1. The Balaban J connectivity index is 1.55. The lowest BCUT2D eigenvalue weighted by molar-refractivity contribution is -0.917. The third-order valence-electron chi connectivity index (χ3n) is 4.77. The van der Waals surface area contributed by atoms with E-state index in [9.17, 15) is 4.79 Å². The minimum absolute atomic E-state index is 0.0962. The number of nitrogens with one attached hydrogen (secondary N) is 1. The zero-order chi connectivity index (χ0) is 18.5. The van der Waals surface area contributed by atoms with Gasteiger partial charge in [0.25, 0.3) is 5.91 Å². The third kappa shape index (κ3) is 4.37. The minimum Gasteiger partial charge on any atom is -0.497 e. The van der Waals surface area contributed by atoms with Gasteiger partial charge in [0.15, 0.2) is 0 Å². The lowest BCUT2D eigenvalue weighted by Crippen LogP contribution is -3.13. The van der Waals surface area contributed by atoms with Crippen LogP contribution in [0.25, 0.3) is 0 Å². The van der Waals surface area contributed by atoms with Crippen LogP contribution < -0.4 is 14.4 Å². The number of quaternary nitrogens is 1. The molecular formula is C20H24BrN2O3+. The van der Waals surface area contributed by atoms with Crippen molar-refractivity contribution in [2.24, 2.45) is 0 Å². The molecule has 6 heteroatoms. The summed E-state index contributed by atoms with van der Waals surface area (Å²) in [6.07, 6.45) is 0. The predicted octanol–water partition coefficient (Wildman–Crippen LogP) is 2.01. The van der Waals surface area contributed by atoms with E-state index in [0.717, 1.165) is 48.7 Å². The molecule has 0 spiro atoms. The van der Waals surface area contributed by atoms with E-state index >= 15 is 0 Å². The molecule has 2 aromatic rings. The number of ether oxygens (including phenoxy) is 2. The van der Waals surface area contributed by atoms with Crippen LogP contribution in [0.3, 0.4) is 0 Å². The molecule has 1 saturated heterocycles. The molecule has 0 radical (unpaired) electrons. The lowest BCUT2D eigenvalue weighted by Gasteiger charge is -2.32. The Labute approximate surface area is 162 Å². The molecule has 1 heterocycles. The van der Waals surface area contributed by atoms with E-state index < -0.39 is 0 Å². The average Bonchev–Trinajstić information content (AvgIpc) is 2.68. The van der Waals surface area contributed by atoms with Gasteiger partial charge in [0.1, 0.15) is 18.0 Å². The van der Waals surface area contributed by atoms with E-state index in [1.165, 1.54) is 10.5 Å². The molecule has 1 fully saturated rings. The molecule has 1 N–H and O–H groups in total. The normalized spacial score (nSPS) is 15.0. The van der Waals surface area contributed by atoms with Gasteiger partial charge in [-0.05, 0) is 58.4 Å². The minimum atomic E-state index is 0.0962. The number of nitrogens with zero attached hydrogens (tertiary/aromatic N) is 1. The second-order valence-corrected chi connectivity index (χ2v) is 7.27. The Morgan fingerprint density at radius 1 is 1.08 bits per heavy atom. The highest BCUT2D eigenvalue weighted by Crippen LogP contribution is 2.25. The monoisotopic (exact) mass is 419 g/mol. The smallest absolute Gasteiger partial charge is 0.254 e. The molecule has 3 rings (SSSR count). The van der Waals surface area contributed by atoms with Crippen LogP contribution in [0.2, 0.25) is 0 Å². The maximum absolute atomic E-state index is 12.6. The summed E-state index contributed by atoms with van der Waals surface area (Å²) in [5.74, 6) is 1.71. The second kappa shape index (κ2) is 8.56. The number of rotatable bonds is 5. The highest BCUT2D eigenvalue weighted by molar-refractivity contribution is 9.10. The van der Waals surface area contributed by atoms with Crippen LogP contribution >= 0.6 is 15.9 Å². The van der Waals surface area contributed by atoms with Gasteiger partial charge < -0.3 is 19.3 Å². The number of methoxy groups -OCH3 is 2. The predicted molar refractivity (Wildman–Crippen MR) is 104 cm³/mol. The molecule has 0 bridgehead atoms. The number of benzene rings is 2. The molecule has 5 nitrogen and oxygen atoms in total. The van der Waals surface area contributed by atoms with Crippen LogP contribution in [0.15, 0.2) is 46.9 Å². The SMILES string of the molecule is COc1ccc(C(=O)N2CC[NH+](Cc3ccc(OC)c(Br)c3)CC2)cc1. The summed E-state index contributed by atoms with van der Waals surface area (Å²) in [7, 11) is 3.30. The van der Waals surface area contributed by atoms with Crippen molar-refractivity contribution in [3.63, 3.8) is 0 Å². The molecule has 0 aliphatic carbocycles. The largest absolute Gasteiger partial charge is 0.497 e. The molecule has 138 valence electrons. The Morgan fingerprint density at radius 2 is 1.77 bits per heavy atom. The summed E-state index contributed by atoms with van der Waals surface area (Å²) in [5, 5.41) is 0. The number of carbonyl (C=O) groups excluding carboxylic acids is 1. The molecule has 0 aromatic heterocycles. The van der Waals surface area contributed by atoms with Crippen LogP contribution in [0, 0.1) is 0 Å². The van der Waals surface area contributed by atoms with Crippen LogP contribution in [0.5, 0.6) is 11.5 Å². The standard InChI is InChI=1S/C20H23BrN2O3/c1-25-17-6-4-16(5-7-17)20(24)23-11-9-22(10-12-23)14-15-3-8-19(26-2)18(21)13-15/h3-8,13H,9-12,14H2,1-2H3/p+1. The Hall–Kier alpha value is -2.05. The summed E-state index contributed by atoms with van der Waals surface area (Å²) in [4.78, 5) is 16.1. The summed E-state index contributed by atoms with van der Waals surface area (Å²) >= 11 is 3.54. The van der Waals surface area contributed by atoms with Crippen molar-refractivity contribution in [3.05, 3.63) is 58.1 Å². The summed E-state index contributed by atoms with van der Waals surface area (Å²) in [6.45, 7) is 4.40. The summed E-state index contributed by atoms with van der Waals surface area (Å²) < 4.78 is 11.4. The van der Waals surface area contributed by atoms with E-state index in [4.69, 9.17) is 9.47 Å². The zero-order valence-corrected chi connectivity index (χ0v) is 16.7. The van der Waals surface area contributed by atoms with Gasteiger partial charge in [0, 0.05) is 11.1 Å². The maximum Gasteiger partial charge on any atom is 0.254 e. The Kier molecular flexibility index (Phi) is 6.16. The van der Waals surface area contributed by atoms with Crippen molar-refractivity contribution >= 4 is 21.8 Å². The third-order valence-corrected chi connectivity index (χ3v) is 5.38. The number of halogens is 1. The van der Waals surface area contributed by atoms with Gasteiger partial charge in [-0.1, -0.05) is 0 Å². The number of amides is 1. The second-order valence-electron chi connectivity index (χ2n) is 6.42. The first kappa shape index (κ1) is 18.7. The fraction of sp³-hybridized carbons (Fsp3) is 0.350. The van der Waals surface area contributed by atoms with Crippen LogP contribution in [-0.4, -0.2) is 51.2 Å². The molecule has 1 aliphatic rings. The molecule has 0 unspecified atom stereocenters. The maximum atomic E-state index is 12.6. The van der Waals surface area contributed by atoms with Crippen molar-refractivity contribution in [2.75, 3.05) is 40.4 Å². The fourth-order valence-corrected chi connectivity index (χ4v) is 3.82. The van der Waals surface area contributed by atoms with Crippen molar-refractivity contribution < 1.29 is 19.2 Å². The average molecular weight is 420 g/mol. The van der Waals surface area contributed by atoms with E-state index in [1.807, 2.05) is 35.2 Å². The van der Waals surface area contributed by atoms with E-state index in [-0.39, 0.29) is 5.91 Å². The van der Waals surface area contributed by atoms with Gasteiger partial charge in [0.2, 0.25) is 0 Å². The summed E-state index contributed by atoms with van der Waals surface area (Å²) in [6, 6.07) is 13.5. The topological polar surface area (TPSA) is 43.2 Å². The molecule has 1 aliphatic heterocycles. The molecule has 0 saturated carbocycles. The quantitative estimate of drug-likeness (QED) is 0.805. The molecular weight excluding hydrogens is 396 g/mol. The van der Waals surface area contributed by atoms with Gasteiger partial charge in [-0.25, -0.2) is 0 Å². The Morgan fingerprint density at radius 3 is 2.35 bits per heavy atom. The van der Waals surface area contributed by atoms with E-state index in [1.54, 1.807) is 14.2 Å². The first-order chi connectivity index (χ1) is 12.6. The Bertz CT molecular complexity index is 756. The van der Waals surface area contributed by atoms with Gasteiger partial charge in [-0.2, -0.15) is 0 Å². The van der Waals surface area contributed by atoms with Gasteiger partial charge in [-0.15, -0.1) is 0 Å². The number of piperazine rings is 1. The lowest BCUT2D eigenvalue weighted by atomic mass is 10.1. The summed E-state index contributed by atoms with van der Waals surface area (Å²) in [5.41, 5.74) is 1.98. The fourth-order valence-electron chi connectivity index (χ4n) is 3.23. The van der Waals surface area contributed by atoms with Crippen LogP contribution in [-0.2, 0) is 6.54 Å². The molecule has 1 amide bonds. The molecule has 26 heavy (non-hydrogen) atoms. The molecule has 2 aromatic carbocycles. The van der Waals surface area contributed by atoms with E-state index in [0.29, 0.717) is 5.56 Å². The number of hydrogen-bond acceptors (Lipinski definition) is 3. The van der Waals surface area contributed by atoms with Crippen LogP contribution in [0.1, 0.15) is 15.9 Å². The molecule has 0 atom stereocenters. The van der Waals surface area contributed by atoms with Crippen molar-refractivity contribution in [1.82, 2.24) is 4.90 Å². The number of carbonyl (C=O) groups is 1.